The summed E-state index contributed by atoms with van der Waals surface area (Å²) in [6, 6.07) is 0. The lowest BCUT2D eigenvalue weighted by Crippen LogP contribution is -2.16. The number of carboxylic acid groups (broad SMARTS) is 1. The minimum absolute atomic E-state index is 0.0775. The van der Waals surface area contributed by atoms with E-state index in [0.29, 0.717) is 30.3 Å². The van der Waals surface area contributed by atoms with Gasteiger partial charge in [0.25, 0.3) is 0 Å². The number of carbonyl (C=O) groups excluding carboxylic acids is 1. The maximum absolute atomic E-state index is 11.3. The molecule has 0 bridgehead atoms. The van der Waals surface area contributed by atoms with Crippen LogP contribution in [0.5, 0.6) is 0 Å². The van der Waals surface area contributed by atoms with Crippen molar-refractivity contribution in [2.75, 3.05) is 19.8 Å². The van der Waals surface area contributed by atoms with E-state index in [4.69, 9.17) is 19.3 Å². The SMILES string of the molecule is CC(C)(C)CCCCC(CC1CO1)C(=O)O.CC(C)(C)CCCCCC(=O)OCC1CO1. The molecule has 2 saturated heterocycles. The highest BCUT2D eigenvalue weighted by Crippen LogP contribution is 2.26. The van der Waals surface area contributed by atoms with Crippen molar-refractivity contribution < 1.29 is 28.9 Å². The first-order valence-corrected chi connectivity index (χ1v) is 12.5. The van der Waals surface area contributed by atoms with Gasteiger partial charge in [0, 0.05) is 6.42 Å². The molecule has 32 heavy (non-hydrogen) atoms. The van der Waals surface area contributed by atoms with Gasteiger partial charge in [-0.15, -0.1) is 0 Å². The van der Waals surface area contributed by atoms with Crippen LogP contribution in [-0.2, 0) is 23.8 Å². The highest BCUT2D eigenvalue weighted by Gasteiger charge is 2.30. The van der Waals surface area contributed by atoms with Crippen molar-refractivity contribution in [1.82, 2.24) is 0 Å². The second-order valence-corrected chi connectivity index (χ2v) is 11.8. The molecule has 0 amide bonds. The van der Waals surface area contributed by atoms with Crippen molar-refractivity contribution in [2.45, 2.75) is 118 Å². The Kier molecular flexibility index (Phi) is 12.8. The van der Waals surface area contributed by atoms with Crippen molar-refractivity contribution in [3.05, 3.63) is 0 Å². The van der Waals surface area contributed by atoms with Crippen LogP contribution < -0.4 is 0 Å². The van der Waals surface area contributed by atoms with Crippen molar-refractivity contribution in [1.29, 1.82) is 0 Å². The van der Waals surface area contributed by atoms with Gasteiger partial charge in [0.2, 0.25) is 0 Å². The van der Waals surface area contributed by atoms with E-state index in [1.54, 1.807) is 0 Å². The second-order valence-electron chi connectivity index (χ2n) is 11.8. The summed E-state index contributed by atoms with van der Waals surface area (Å²) in [5.74, 6) is -0.940. The first-order valence-electron chi connectivity index (χ1n) is 12.5. The molecule has 2 fully saturated rings. The summed E-state index contributed by atoms with van der Waals surface area (Å²) >= 11 is 0. The van der Waals surface area contributed by atoms with E-state index in [0.717, 1.165) is 45.3 Å². The summed E-state index contributed by atoms with van der Waals surface area (Å²) < 4.78 is 15.1. The fourth-order valence-electron chi connectivity index (χ4n) is 3.43. The first-order chi connectivity index (χ1) is 14.9. The maximum Gasteiger partial charge on any atom is 0.306 e. The smallest absolute Gasteiger partial charge is 0.306 e. The molecule has 1 N–H and O–H groups in total. The zero-order chi connectivity index (χ0) is 24.2. The van der Waals surface area contributed by atoms with Crippen LogP contribution in [0.15, 0.2) is 0 Å². The molecule has 2 aliphatic rings. The molecular formula is C26H48O6. The average molecular weight is 457 g/mol. The van der Waals surface area contributed by atoms with Crippen LogP contribution in [-0.4, -0.2) is 49.1 Å². The highest BCUT2D eigenvalue weighted by atomic mass is 16.6. The number of unbranched alkanes of at least 4 members (excludes halogenated alkanes) is 3. The van der Waals surface area contributed by atoms with Crippen LogP contribution in [0.2, 0.25) is 0 Å². The average Bonchev–Trinajstić information content (AvgIpc) is 3.56. The number of hydrogen-bond acceptors (Lipinski definition) is 5. The van der Waals surface area contributed by atoms with Crippen LogP contribution in [0.4, 0.5) is 0 Å². The molecule has 2 aliphatic heterocycles. The molecule has 6 nitrogen and oxygen atoms in total. The van der Waals surface area contributed by atoms with Crippen LogP contribution in [0.1, 0.15) is 106 Å². The third-order valence-corrected chi connectivity index (χ3v) is 5.67. The summed E-state index contributed by atoms with van der Waals surface area (Å²) in [4.78, 5) is 22.3. The van der Waals surface area contributed by atoms with Gasteiger partial charge in [0.15, 0.2) is 0 Å². The molecule has 0 aromatic carbocycles. The van der Waals surface area contributed by atoms with Crippen molar-refractivity contribution in [3.8, 4) is 0 Å². The van der Waals surface area contributed by atoms with Gasteiger partial charge in [-0.2, -0.15) is 0 Å². The van der Waals surface area contributed by atoms with Gasteiger partial charge in [-0.1, -0.05) is 67.2 Å². The molecular weight excluding hydrogens is 408 g/mol. The Labute approximate surface area is 195 Å². The molecule has 2 heterocycles. The molecule has 0 radical (unpaired) electrons. The molecule has 3 unspecified atom stereocenters. The molecule has 3 atom stereocenters. The lowest BCUT2D eigenvalue weighted by Gasteiger charge is -2.18. The van der Waals surface area contributed by atoms with Gasteiger partial charge in [-0.3, -0.25) is 9.59 Å². The van der Waals surface area contributed by atoms with E-state index >= 15 is 0 Å². The monoisotopic (exact) mass is 456 g/mol. The van der Waals surface area contributed by atoms with E-state index in [1.165, 1.54) is 19.3 Å². The number of carboxylic acids is 1. The summed E-state index contributed by atoms with van der Waals surface area (Å²) in [7, 11) is 0. The molecule has 6 heteroatoms. The van der Waals surface area contributed by atoms with E-state index in [9.17, 15) is 9.59 Å². The second kappa shape index (κ2) is 14.2. The number of ether oxygens (including phenoxy) is 3. The van der Waals surface area contributed by atoms with E-state index in [-0.39, 0.29) is 24.1 Å². The molecule has 0 aromatic rings. The zero-order valence-electron chi connectivity index (χ0n) is 21.4. The Bertz CT molecular complexity index is 536. The summed E-state index contributed by atoms with van der Waals surface area (Å²) in [6.45, 7) is 15.4. The van der Waals surface area contributed by atoms with Gasteiger partial charge in [-0.25, -0.2) is 0 Å². The van der Waals surface area contributed by atoms with Gasteiger partial charge in [-0.05, 0) is 42.9 Å². The quantitative estimate of drug-likeness (QED) is 0.196. The fraction of sp³-hybridized carbons (Fsp3) is 0.923. The summed E-state index contributed by atoms with van der Waals surface area (Å²) in [5.41, 5.74) is 0.766. The largest absolute Gasteiger partial charge is 0.481 e. The predicted octanol–water partition coefficient (Wildman–Crippen LogP) is 6.01. The number of aliphatic carboxylic acids is 1. The Hall–Kier alpha value is -1.14. The van der Waals surface area contributed by atoms with Crippen LogP contribution in [0.3, 0.4) is 0 Å². The molecule has 188 valence electrons. The molecule has 0 aliphatic carbocycles. The minimum Gasteiger partial charge on any atom is -0.481 e. The third-order valence-electron chi connectivity index (χ3n) is 5.67. The standard InChI is InChI=1S/2C13H24O3/c1-13(2,3)7-5-4-6-10(12(14)15)8-11-9-16-11;1-13(2,3)8-6-4-5-7-12(14)16-10-11-9-15-11/h10-11H,4-9H2,1-3H3,(H,14,15);11H,4-10H2,1-3H3. The number of hydrogen-bond donors (Lipinski definition) is 1. The molecule has 0 aromatic heterocycles. The third kappa shape index (κ3) is 18.4. The number of carbonyl (C=O) groups is 2. The maximum atomic E-state index is 11.3. The Morgan fingerprint density at radius 3 is 1.88 bits per heavy atom. The normalized spacial score (nSPS) is 20.7. The lowest BCUT2D eigenvalue weighted by molar-refractivity contribution is -0.144. The van der Waals surface area contributed by atoms with Gasteiger partial charge < -0.3 is 19.3 Å². The van der Waals surface area contributed by atoms with E-state index in [1.807, 2.05) is 0 Å². The Morgan fingerprint density at radius 2 is 1.41 bits per heavy atom. The number of epoxide rings is 2. The van der Waals surface area contributed by atoms with Gasteiger partial charge in [0.1, 0.15) is 12.7 Å². The van der Waals surface area contributed by atoms with Crippen molar-refractivity contribution in [2.24, 2.45) is 16.7 Å². The van der Waals surface area contributed by atoms with Gasteiger partial charge >= 0.3 is 11.9 Å². The highest BCUT2D eigenvalue weighted by molar-refractivity contribution is 5.70. The Balaban J connectivity index is 0.000000320. The summed E-state index contributed by atoms with van der Waals surface area (Å²) in [6.07, 6.45) is 10.2. The first kappa shape index (κ1) is 28.9. The summed E-state index contributed by atoms with van der Waals surface area (Å²) in [5, 5.41) is 9.05. The van der Waals surface area contributed by atoms with E-state index < -0.39 is 5.97 Å². The predicted molar refractivity (Wildman–Crippen MR) is 127 cm³/mol. The minimum atomic E-state index is -0.661. The van der Waals surface area contributed by atoms with Crippen LogP contribution in [0, 0.1) is 16.7 Å². The molecule has 0 saturated carbocycles. The van der Waals surface area contributed by atoms with Crippen LogP contribution in [0.25, 0.3) is 0 Å². The zero-order valence-corrected chi connectivity index (χ0v) is 21.4. The van der Waals surface area contributed by atoms with E-state index in [2.05, 4.69) is 41.5 Å². The van der Waals surface area contributed by atoms with Crippen molar-refractivity contribution >= 4 is 11.9 Å². The fourth-order valence-corrected chi connectivity index (χ4v) is 3.43. The van der Waals surface area contributed by atoms with Crippen LogP contribution >= 0.6 is 0 Å². The molecule has 2 rings (SSSR count). The lowest BCUT2D eigenvalue weighted by atomic mass is 9.88. The number of esters is 1. The van der Waals surface area contributed by atoms with Gasteiger partial charge in [0.05, 0.1) is 25.2 Å². The Morgan fingerprint density at radius 1 is 0.875 bits per heavy atom. The van der Waals surface area contributed by atoms with Crippen molar-refractivity contribution in [3.63, 3.8) is 0 Å². The topological polar surface area (TPSA) is 88.7 Å². The number of rotatable bonds is 14. The molecule has 0 spiro atoms.